The van der Waals surface area contributed by atoms with Crippen LogP contribution in [0.5, 0.6) is 5.75 Å². The first-order valence-electron chi connectivity index (χ1n) is 9.32. The lowest BCUT2D eigenvalue weighted by Crippen LogP contribution is -2.52. The van der Waals surface area contributed by atoms with Crippen molar-refractivity contribution < 1.29 is 19.1 Å². The third kappa shape index (κ3) is 4.74. The lowest BCUT2D eigenvalue weighted by molar-refractivity contribution is -0.142. The van der Waals surface area contributed by atoms with Crippen molar-refractivity contribution in [2.45, 2.75) is 25.9 Å². The molecule has 3 rings (SSSR count). The van der Waals surface area contributed by atoms with Gasteiger partial charge in [-0.1, -0.05) is 12.1 Å². The van der Waals surface area contributed by atoms with Gasteiger partial charge in [0.2, 0.25) is 5.91 Å². The normalized spacial score (nSPS) is 20.8. The van der Waals surface area contributed by atoms with Gasteiger partial charge >= 0.3 is 0 Å². The van der Waals surface area contributed by atoms with Crippen molar-refractivity contribution in [3.05, 3.63) is 24.3 Å². The maximum absolute atomic E-state index is 12.4. The second kappa shape index (κ2) is 9.00. The van der Waals surface area contributed by atoms with Gasteiger partial charge in [-0.3, -0.25) is 14.5 Å². The van der Waals surface area contributed by atoms with Crippen molar-refractivity contribution in [2.75, 3.05) is 51.3 Å². The Morgan fingerprint density at radius 3 is 2.69 bits per heavy atom. The molecule has 0 spiro atoms. The Bertz CT molecular complexity index is 623. The fourth-order valence-corrected chi connectivity index (χ4v) is 3.35. The van der Waals surface area contributed by atoms with E-state index in [0.717, 1.165) is 12.8 Å². The predicted octanol–water partition coefficient (Wildman–Crippen LogP) is 1.35. The number of nitrogens with one attached hydrogen (secondary N) is 1. The Kier molecular flexibility index (Phi) is 6.46. The van der Waals surface area contributed by atoms with Crippen LogP contribution in [0.2, 0.25) is 0 Å². The van der Waals surface area contributed by atoms with Crippen LogP contribution in [0.4, 0.5) is 5.69 Å². The molecule has 1 N–H and O–H groups in total. The molecule has 2 amide bonds. The number of nitrogens with zero attached hydrogens (tertiary/aromatic N) is 2. The van der Waals surface area contributed by atoms with Crippen molar-refractivity contribution in [3.63, 3.8) is 0 Å². The van der Waals surface area contributed by atoms with Crippen LogP contribution in [0.3, 0.4) is 0 Å². The number of para-hydroxylation sites is 2. The lowest BCUT2D eigenvalue weighted by Gasteiger charge is -2.35. The topological polar surface area (TPSA) is 71.1 Å². The van der Waals surface area contributed by atoms with Gasteiger partial charge in [0.25, 0.3) is 5.91 Å². The minimum Gasteiger partial charge on any atom is -0.492 e. The van der Waals surface area contributed by atoms with Crippen LogP contribution < -0.4 is 10.1 Å². The molecule has 0 aromatic heterocycles. The first kappa shape index (κ1) is 18.7. The Labute approximate surface area is 154 Å². The van der Waals surface area contributed by atoms with Crippen molar-refractivity contribution in [1.29, 1.82) is 0 Å². The Morgan fingerprint density at radius 1 is 1.23 bits per heavy atom. The highest BCUT2D eigenvalue weighted by molar-refractivity contribution is 5.93. The van der Waals surface area contributed by atoms with E-state index in [1.807, 2.05) is 36.1 Å². The molecule has 1 atom stereocenters. The van der Waals surface area contributed by atoms with Gasteiger partial charge in [-0.15, -0.1) is 0 Å². The van der Waals surface area contributed by atoms with E-state index in [4.69, 9.17) is 9.47 Å². The third-order valence-electron chi connectivity index (χ3n) is 4.72. The molecular formula is C19H27N3O4. The molecule has 0 saturated carbocycles. The highest BCUT2D eigenvalue weighted by atomic mass is 16.5. The number of carbonyl (C=O) groups excluding carboxylic acids is 2. The molecule has 2 saturated heterocycles. The van der Waals surface area contributed by atoms with Gasteiger partial charge in [-0.25, -0.2) is 0 Å². The number of benzene rings is 1. The van der Waals surface area contributed by atoms with E-state index in [0.29, 0.717) is 57.4 Å². The molecular weight excluding hydrogens is 334 g/mol. The summed E-state index contributed by atoms with van der Waals surface area (Å²) in [6, 6.07) is 7.42. The second-order valence-corrected chi connectivity index (χ2v) is 6.58. The van der Waals surface area contributed by atoms with Crippen LogP contribution in [0.15, 0.2) is 24.3 Å². The van der Waals surface area contributed by atoms with E-state index in [2.05, 4.69) is 10.2 Å². The summed E-state index contributed by atoms with van der Waals surface area (Å²) in [5, 5.41) is 2.92. The van der Waals surface area contributed by atoms with Crippen LogP contribution in [0.25, 0.3) is 0 Å². The van der Waals surface area contributed by atoms with Gasteiger partial charge in [-0.2, -0.15) is 0 Å². The molecule has 2 fully saturated rings. The SMILES string of the molecule is CCOc1ccccc1NC(=O)CN1CCN(C(=O)[C@H]2CCCO2)CC1. The van der Waals surface area contributed by atoms with E-state index in [1.54, 1.807) is 0 Å². The number of hydrogen-bond donors (Lipinski definition) is 1. The van der Waals surface area contributed by atoms with Crippen molar-refractivity contribution in [3.8, 4) is 5.75 Å². The zero-order chi connectivity index (χ0) is 18.4. The van der Waals surface area contributed by atoms with Crippen molar-refractivity contribution in [2.24, 2.45) is 0 Å². The Balaban J connectivity index is 1.45. The average Bonchev–Trinajstić information content (AvgIpc) is 3.18. The lowest BCUT2D eigenvalue weighted by atomic mass is 10.2. The zero-order valence-corrected chi connectivity index (χ0v) is 15.3. The van der Waals surface area contributed by atoms with Gasteiger partial charge in [0, 0.05) is 32.8 Å². The molecule has 0 radical (unpaired) electrons. The summed E-state index contributed by atoms with van der Waals surface area (Å²) in [5.41, 5.74) is 0.687. The van der Waals surface area contributed by atoms with E-state index in [-0.39, 0.29) is 17.9 Å². The zero-order valence-electron chi connectivity index (χ0n) is 15.3. The summed E-state index contributed by atoms with van der Waals surface area (Å²) in [4.78, 5) is 28.6. The predicted molar refractivity (Wildman–Crippen MR) is 98.2 cm³/mol. The number of ether oxygens (including phenoxy) is 2. The second-order valence-electron chi connectivity index (χ2n) is 6.58. The number of anilines is 1. The van der Waals surface area contributed by atoms with Gasteiger partial charge in [0.05, 0.1) is 18.8 Å². The van der Waals surface area contributed by atoms with E-state index >= 15 is 0 Å². The van der Waals surface area contributed by atoms with Gasteiger partial charge in [0.15, 0.2) is 0 Å². The van der Waals surface area contributed by atoms with E-state index in [9.17, 15) is 9.59 Å². The third-order valence-corrected chi connectivity index (χ3v) is 4.72. The summed E-state index contributed by atoms with van der Waals surface area (Å²) in [7, 11) is 0. The summed E-state index contributed by atoms with van der Waals surface area (Å²) in [5.74, 6) is 0.698. The summed E-state index contributed by atoms with van der Waals surface area (Å²) in [6.07, 6.45) is 1.51. The fraction of sp³-hybridized carbons (Fsp3) is 0.579. The highest BCUT2D eigenvalue weighted by Crippen LogP contribution is 2.23. The van der Waals surface area contributed by atoms with Crippen molar-refractivity contribution in [1.82, 2.24) is 9.80 Å². The standard InChI is InChI=1S/C19H27N3O4/c1-2-25-16-7-4-3-6-15(16)20-18(23)14-21-9-11-22(12-10-21)19(24)17-8-5-13-26-17/h3-4,6-7,17H,2,5,8-14H2,1H3,(H,20,23)/t17-/m1/s1. The first-order chi connectivity index (χ1) is 12.7. The van der Waals surface area contributed by atoms with Crippen LogP contribution >= 0.6 is 0 Å². The molecule has 2 aliphatic heterocycles. The monoisotopic (exact) mass is 361 g/mol. The van der Waals surface area contributed by atoms with Gasteiger partial charge < -0.3 is 19.7 Å². The minimum atomic E-state index is -0.264. The van der Waals surface area contributed by atoms with Crippen LogP contribution in [-0.2, 0) is 14.3 Å². The van der Waals surface area contributed by atoms with E-state index in [1.165, 1.54) is 0 Å². The Hall–Kier alpha value is -2.12. The number of amides is 2. The molecule has 1 aromatic carbocycles. The molecule has 0 bridgehead atoms. The molecule has 2 aliphatic rings. The molecule has 2 heterocycles. The summed E-state index contributed by atoms with van der Waals surface area (Å²) >= 11 is 0. The smallest absolute Gasteiger partial charge is 0.251 e. The maximum Gasteiger partial charge on any atom is 0.251 e. The molecule has 7 heteroatoms. The average molecular weight is 361 g/mol. The number of hydrogen-bond acceptors (Lipinski definition) is 5. The van der Waals surface area contributed by atoms with Gasteiger partial charge in [0.1, 0.15) is 11.9 Å². The number of carbonyl (C=O) groups is 2. The minimum absolute atomic E-state index is 0.0731. The molecule has 7 nitrogen and oxygen atoms in total. The Morgan fingerprint density at radius 2 is 2.00 bits per heavy atom. The molecule has 26 heavy (non-hydrogen) atoms. The first-order valence-corrected chi connectivity index (χ1v) is 9.32. The number of rotatable bonds is 6. The molecule has 0 unspecified atom stereocenters. The quantitative estimate of drug-likeness (QED) is 0.828. The summed E-state index contributed by atoms with van der Waals surface area (Å²) < 4.78 is 11.0. The van der Waals surface area contributed by atoms with E-state index < -0.39 is 0 Å². The summed E-state index contributed by atoms with van der Waals surface area (Å²) in [6.45, 7) is 6.12. The molecule has 1 aromatic rings. The highest BCUT2D eigenvalue weighted by Gasteiger charge is 2.30. The fourth-order valence-electron chi connectivity index (χ4n) is 3.35. The van der Waals surface area contributed by atoms with Crippen LogP contribution in [0.1, 0.15) is 19.8 Å². The van der Waals surface area contributed by atoms with Gasteiger partial charge in [-0.05, 0) is 31.9 Å². The number of piperazine rings is 1. The molecule has 0 aliphatic carbocycles. The van der Waals surface area contributed by atoms with Crippen LogP contribution in [0, 0.1) is 0 Å². The van der Waals surface area contributed by atoms with Crippen LogP contribution in [-0.4, -0.2) is 73.7 Å². The van der Waals surface area contributed by atoms with Crippen molar-refractivity contribution >= 4 is 17.5 Å². The largest absolute Gasteiger partial charge is 0.492 e. The maximum atomic E-state index is 12.4. The molecule has 142 valence electrons.